The van der Waals surface area contributed by atoms with E-state index in [2.05, 4.69) is 18.1 Å². The van der Waals surface area contributed by atoms with Gasteiger partial charge in [-0.3, -0.25) is 4.90 Å². The van der Waals surface area contributed by atoms with Gasteiger partial charge in [0.2, 0.25) is 0 Å². The van der Waals surface area contributed by atoms with E-state index in [1.165, 1.54) is 12.1 Å². The van der Waals surface area contributed by atoms with Gasteiger partial charge in [0.15, 0.2) is 0 Å². The van der Waals surface area contributed by atoms with E-state index in [1.54, 1.807) is 11.8 Å². The molecule has 1 atom stereocenters. The fraction of sp³-hybridized carbons (Fsp3) is 0.462. The Morgan fingerprint density at radius 1 is 1.50 bits per heavy atom. The van der Waals surface area contributed by atoms with Crippen LogP contribution in [0.3, 0.4) is 0 Å². The normalized spacial score (nSPS) is 12.7. The average molecular weight is 286 g/mol. The first-order chi connectivity index (χ1) is 8.43. The summed E-state index contributed by atoms with van der Waals surface area (Å²) in [6.07, 6.45) is 2.08. The molecule has 0 amide bonds. The molecule has 0 radical (unpaired) electrons. The second kappa shape index (κ2) is 7.07. The van der Waals surface area contributed by atoms with Gasteiger partial charge in [-0.15, -0.1) is 0 Å². The molecule has 18 heavy (non-hydrogen) atoms. The number of nitrogens with two attached hydrogens (primary N) is 1. The predicted molar refractivity (Wildman–Crippen MR) is 81.6 cm³/mol. The molecule has 0 saturated heterocycles. The van der Waals surface area contributed by atoms with Crippen LogP contribution in [-0.2, 0) is 6.54 Å². The molecular formula is C13H19FN2S2. The Morgan fingerprint density at radius 3 is 2.72 bits per heavy atom. The summed E-state index contributed by atoms with van der Waals surface area (Å²) < 4.78 is 13.4. The summed E-state index contributed by atoms with van der Waals surface area (Å²) in [6, 6.07) is 5.20. The Balaban J connectivity index is 2.81. The standard InChI is InChI=1S/C13H19FN2S2/c1-9(8-18-3)16(2)7-10-4-11(13(15)17)6-12(14)5-10/h4-6,9H,7-8H2,1-3H3,(H2,15,17). The lowest BCUT2D eigenvalue weighted by atomic mass is 10.1. The first-order valence-electron chi connectivity index (χ1n) is 5.72. The van der Waals surface area contributed by atoms with E-state index in [-0.39, 0.29) is 10.8 Å². The number of hydrogen-bond acceptors (Lipinski definition) is 3. The monoisotopic (exact) mass is 286 g/mol. The van der Waals surface area contributed by atoms with Crippen LogP contribution in [0.15, 0.2) is 18.2 Å². The summed E-state index contributed by atoms with van der Waals surface area (Å²) in [7, 11) is 2.03. The van der Waals surface area contributed by atoms with Crippen molar-refractivity contribution in [3.05, 3.63) is 35.1 Å². The van der Waals surface area contributed by atoms with E-state index in [9.17, 15) is 4.39 Å². The third-order valence-electron chi connectivity index (χ3n) is 2.83. The SMILES string of the molecule is CSCC(C)N(C)Cc1cc(F)cc(C(N)=S)c1. The van der Waals surface area contributed by atoms with Crippen molar-refractivity contribution in [1.29, 1.82) is 0 Å². The minimum absolute atomic E-state index is 0.232. The molecule has 0 spiro atoms. The van der Waals surface area contributed by atoms with Crippen LogP contribution in [-0.4, -0.2) is 35.0 Å². The number of hydrogen-bond donors (Lipinski definition) is 1. The van der Waals surface area contributed by atoms with Crippen LogP contribution in [0.4, 0.5) is 4.39 Å². The highest BCUT2D eigenvalue weighted by molar-refractivity contribution is 7.98. The zero-order chi connectivity index (χ0) is 13.7. The van der Waals surface area contributed by atoms with Crippen LogP contribution in [0.25, 0.3) is 0 Å². The van der Waals surface area contributed by atoms with Crippen LogP contribution in [0.2, 0.25) is 0 Å². The third kappa shape index (κ3) is 4.55. The number of thiocarbonyl (C=S) groups is 1. The van der Waals surface area contributed by atoms with Crippen LogP contribution < -0.4 is 5.73 Å². The smallest absolute Gasteiger partial charge is 0.124 e. The van der Waals surface area contributed by atoms with Crippen molar-refractivity contribution in [2.45, 2.75) is 19.5 Å². The maximum atomic E-state index is 13.4. The number of halogens is 1. The molecule has 1 aromatic rings. The van der Waals surface area contributed by atoms with E-state index >= 15 is 0 Å². The van der Waals surface area contributed by atoms with Crippen molar-refractivity contribution in [2.24, 2.45) is 5.73 Å². The Morgan fingerprint density at radius 2 is 2.17 bits per heavy atom. The number of benzene rings is 1. The van der Waals surface area contributed by atoms with Crippen molar-refractivity contribution < 1.29 is 4.39 Å². The lowest BCUT2D eigenvalue weighted by molar-refractivity contribution is 0.269. The first-order valence-corrected chi connectivity index (χ1v) is 7.52. The van der Waals surface area contributed by atoms with Gasteiger partial charge >= 0.3 is 0 Å². The van der Waals surface area contributed by atoms with E-state index < -0.39 is 0 Å². The molecule has 0 aliphatic heterocycles. The molecule has 0 heterocycles. The Kier molecular flexibility index (Phi) is 6.05. The summed E-state index contributed by atoms with van der Waals surface area (Å²) in [4.78, 5) is 2.42. The molecule has 2 N–H and O–H groups in total. The molecular weight excluding hydrogens is 267 g/mol. The van der Waals surface area contributed by atoms with Gasteiger partial charge in [0, 0.05) is 23.9 Å². The van der Waals surface area contributed by atoms with E-state index in [4.69, 9.17) is 18.0 Å². The highest BCUT2D eigenvalue weighted by atomic mass is 32.2. The van der Waals surface area contributed by atoms with Crippen molar-refractivity contribution in [2.75, 3.05) is 19.1 Å². The van der Waals surface area contributed by atoms with Gasteiger partial charge in [-0.05, 0) is 44.0 Å². The number of rotatable bonds is 6. The second-order valence-electron chi connectivity index (χ2n) is 4.43. The van der Waals surface area contributed by atoms with Gasteiger partial charge < -0.3 is 5.73 Å². The topological polar surface area (TPSA) is 29.3 Å². The molecule has 0 bridgehead atoms. The van der Waals surface area contributed by atoms with E-state index in [0.29, 0.717) is 18.2 Å². The fourth-order valence-electron chi connectivity index (χ4n) is 1.70. The lowest BCUT2D eigenvalue weighted by Crippen LogP contribution is -2.30. The van der Waals surface area contributed by atoms with Crippen molar-refractivity contribution in [1.82, 2.24) is 4.90 Å². The molecule has 0 aromatic heterocycles. The molecule has 0 aliphatic carbocycles. The van der Waals surface area contributed by atoms with Gasteiger partial charge in [0.05, 0.1) is 0 Å². The van der Waals surface area contributed by atoms with E-state index in [1.807, 2.05) is 13.1 Å². The van der Waals surface area contributed by atoms with Gasteiger partial charge in [-0.2, -0.15) is 11.8 Å². The molecule has 0 saturated carbocycles. The van der Waals surface area contributed by atoms with E-state index in [0.717, 1.165) is 11.3 Å². The summed E-state index contributed by atoms with van der Waals surface area (Å²) in [6.45, 7) is 2.85. The second-order valence-corrected chi connectivity index (χ2v) is 5.78. The van der Waals surface area contributed by atoms with Gasteiger partial charge in [0.25, 0.3) is 0 Å². The minimum Gasteiger partial charge on any atom is -0.389 e. The Hall–Kier alpha value is -0.650. The summed E-state index contributed by atoms with van der Waals surface area (Å²) in [5, 5.41) is 0. The molecule has 5 heteroatoms. The third-order valence-corrected chi connectivity index (χ3v) is 3.89. The maximum Gasteiger partial charge on any atom is 0.124 e. The molecule has 1 unspecified atom stereocenters. The predicted octanol–water partition coefficient (Wildman–Crippen LogP) is 2.64. The first kappa shape index (κ1) is 15.4. The van der Waals surface area contributed by atoms with Crippen LogP contribution >= 0.6 is 24.0 Å². The highest BCUT2D eigenvalue weighted by Gasteiger charge is 2.10. The molecule has 1 aromatic carbocycles. The quantitative estimate of drug-likeness (QED) is 0.814. The van der Waals surface area contributed by atoms with Crippen molar-refractivity contribution in [3.63, 3.8) is 0 Å². The van der Waals surface area contributed by atoms with Crippen LogP contribution in [0.5, 0.6) is 0 Å². The van der Waals surface area contributed by atoms with Gasteiger partial charge in [-0.1, -0.05) is 12.2 Å². The molecule has 2 nitrogen and oxygen atoms in total. The largest absolute Gasteiger partial charge is 0.389 e. The van der Waals surface area contributed by atoms with Gasteiger partial charge in [0.1, 0.15) is 10.8 Å². The zero-order valence-electron chi connectivity index (χ0n) is 10.9. The lowest BCUT2D eigenvalue weighted by Gasteiger charge is -2.24. The van der Waals surface area contributed by atoms with Crippen LogP contribution in [0.1, 0.15) is 18.1 Å². The van der Waals surface area contributed by atoms with Crippen molar-refractivity contribution in [3.8, 4) is 0 Å². The summed E-state index contributed by atoms with van der Waals surface area (Å²) in [5.74, 6) is 0.759. The molecule has 1 rings (SSSR count). The van der Waals surface area contributed by atoms with Gasteiger partial charge in [-0.25, -0.2) is 4.39 Å². The van der Waals surface area contributed by atoms with Crippen molar-refractivity contribution >= 4 is 29.0 Å². The summed E-state index contributed by atoms with van der Waals surface area (Å²) in [5.41, 5.74) is 7.02. The molecule has 0 fully saturated rings. The fourth-order valence-corrected chi connectivity index (χ4v) is 2.55. The molecule has 100 valence electrons. The Labute approximate surface area is 118 Å². The summed E-state index contributed by atoms with van der Waals surface area (Å²) >= 11 is 6.69. The maximum absolute atomic E-state index is 13.4. The Bertz CT molecular complexity index is 423. The zero-order valence-corrected chi connectivity index (χ0v) is 12.6. The number of nitrogens with zero attached hydrogens (tertiary/aromatic N) is 1. The molecule has 0 aliphatic rings. The highest BCUT2D eigenvalue weighted by Crippen LogP contribution is 2.13. The average Bonchev–Trinajstić information content (AvgIpc) is 2.28. The minimum atomic E-state index is -0.291. The number of thioether (sulfide) groups is 1. The van der Waals surface area contributed by atoms with Crippen LogP contribution in [0, 0.1) is 5.82 Å².